The Bertz CT molecular complexity index is 351. The summed E-state index contributed by atoms with van der Waals surface area (Å²) in [6, 6.07) is 8.67. The molecule has 0 spiro atoms. The molecule has 1 aromatic rings. The Balaban J connectivity index is 1.78. The van der Waals surface area contributed by atoms with Crippen LogP contribution in [-0.4, -0.2) is 39.5 Å². The van der Waals surface area contributed by atoms with Gasteiger partial charge in [0.15, 0.2) is 0 Å². The normalized spacial score (nSPS) is 18.8. The van der Waals surface area contributed by atoms with Crippen molar-refractivity contribution in [3.05, 3.63) is 24.3 Å². The van der Waals surface area contributed by atoms with Crippen molar-refractivity contribution >= 4 is 5.69 Å². The molecule has 2 rings (SSSR count). The van der Waals surface area contributed by atoms with Crippen molar-refractivity contribution in [3.63, 3.8) is 0 Å². The van der Waals surface area contributed by atoms with Gasteiger partial charge < -0.3 is 20.1 Å². The number of benzene rings is 1. The number of ether oxygens (including phenoxy) is 2. The zero-order chi connectivity index (χ0) is 12.6. The van der Waals surface area contributed by atoms with Gasteiger partial charge in [0.25, 0.3) is 0 Å². The summed E-state index contributed by atoms with van der Waals surface area (Å²) in [6.07, 6.45) is 2.55. The molecule has 0 radical (unpaired) electrons. The van der Waals surface area contributed by atoms with Crippen LogP contribution in [0.2, 0.25) is 0 Å². The molecule has 2 N–H and O–H groups in total. The first kappa shape index (κ1) is 13.2. The van der Waals surface area contributed by atoms with Crippen molar-refractivity contribution in [1.29, 1.82) is 0 Å². The second-order valence-corrected chi connectivity index (χ2v) is 4.54. The number of methoxy groups -OCH3 is 1. The van der Waals surface area contributed by atoms with Crippen molar-refractivity contribution in [1.82, 2.24) is 5.32 Å². The van der Waals surface area contributed by atoms with E-state index in [1.807, 2.05) is 18.2 Å². The lowest BCUT2D eigenvalue weighted by atomic mass is 10.2. The lowest BCUT2D eigenvalue weighted by Gasteiger charge is -2.13. The molecule has 0 amide bonds. The summed E-state index contributed by atoms with van der Waals surface area (Å²) in [5.74, 6) is 0.886. The smallest absolute Gasteiger partial charge is 0.121 e. The topological polar surface area (TPSA) is 42.5 Å². The van der Waals surface area contributed by atoms with E-state index in [4.69, 9.17) is 9.47 Å². The molecule has 0 bridgehead atoms. The fourth-order valence-corrected chi connectivity index (χ4v) is 2.11. The SMILES string of the molecule is COCCOc1cccc(NCC2CCCN2)c1. The van der Waals surface area contributed by atoms with Crippen molar-refractivity contribution in [2.24, 2.45) is 0 Å². The Hall–Kier alpha value is -1.26. The third-order valence-electron chi connectivity index (χ3n) is 3.11. The molecule has 18 heavy (non-hydrogen) atoms. The quantitative estimate of drug-likeness (QED) is 0.725. The van der Waals surface area contributed by atoms with Gasteiger partial charge in [-0.3, -0.25) is 0 Å². The summed E-state index contributed by atoms with van der Waals surface area (Å²) < 4.78 is 10.5. The summed E-state index contributed by atoms with van der Waals surface area (Å²) in [5, 5.41) is 6.92. The third kappa shape index (κ3) is 4.20. The highest BCUT2D eigenvalue weighted by Crippen LogP contribution is 2.17. The average molecular weight is 250 g/mol. The number of hydrogen-bond acceptors (Lipinski definition) is 4. The molecular formula is C14H22N2O2. The molecule has 100 valence electrons. The van der Waals surface area contributed by atoms with Crippen LogP contribution in [0.15, 0.2) is 24.3 Å². The first-order valence-corrected chi connectivity index (χ1v) is 6.57. The van der Waals surface area contributed by atoms with Gasteiger partial charge in [-0.2, -0.15) is 0 Å². The summed E-state index contributed by atoms with van der Waals surface area (Å²) in [6.45, 7) is 3.32. The summed E-state index contributed by atoms with van der Waals surface area (Å²) in [5.41, 5.74) is 1.11. The maximum atomic E-state index is 5.58. The highest BCUT2D eigenvalue weighted by Gasteiger charge is 2.13. The van der Waals surface area contributed by atoms with Crippen LogP contribution < -0.4 is 15.4 Å². The van der Waals surface area contributed by atoms with Gasteiger partial charge in [-0.05, 0) is 31.5 Å². The van der Waals surface area contributed by atoms with E-state index in [-0.39, 0.29) is 0 Å². The molecule has 1 unspecified atom stereocenters. The second-order valence-electron chi connectivity index (χ2n) is 4.54. The van der Waals surface area contributed by atoms with Gasteiger partial charge in [0.2, 0.25) is 0 Å². The molecule has 1 aliphatic heterocycles. The van der Waals surface area contributed by atoms with E-state index in [0.717, 1.165) is 24.5 Å². The lowest BCUT2D eigenvalue weighted by Crippen LogP contribution is -2.29. The Morgan fingerprint density at radius 1 is 1.39 bits per heavy atom. The maximum absolute atomic E-state index is 5.58. The first-order valence-electron chi connectivity index (χ1n) is 6.57. The number of nitrogens with one attached hydrogen (secondary N) is 2. The largest absolute Gasteiger partial charge is 0.491 e. The monoisotopic (exact) mass is 250 g/mol. The van der Waals surface area contributed by atoms with Crippen LogP contribution in [0.25, 0.3) is 0 Å². The molecule has 1 heterocycles. The Kier molecular flexibility index (Phi) is 5.30. The van der Waals surface area contributed by atoms with E-state index in [0.29, 0.717) is 19.3 Å². The van der Waals surface area contributed by atoms with Gasteiger partial charge in [0, 0.05) is 31.5 Å². The van der Waals surface area contributed by atoms with Crippen LogP contribution in [0.5, 0.6) is 5.75 Å². The van der Waals surface area contributed by atoms with Crippen molar-refractivity contribution in [3.8, 4) is 5.75 Å². The van der Waals surface area contributed by atoms with Crippen LogP contribution in [0.1, 0.15) is 12.8 Å². The van der Waals surface area contributed by atoms with Crippen molar-refractivity contribution in [2.75, 3.05) is 38.7 Å². The average Bonchev–Trinajstić information content (AvgIpc) is 2.90. The summed E-state index contributed by atoms with van der Waals surface area (Å²) in [4.78, 5) is 0. The van der Waals surface area contributed by atoms with Gasteiger partial charge in [-0.25, -0.2) is 0 Å². The van der Waals surface area contributed by atoms with E-state index in [9.17, 15) is 0 Å². The number of anilines is 1. The zero-order valence-electron chi connectivity index (χ0n) is 10.9. The van der Waals surface area contributed by atoms with Crippen molar-refractivity contribution < 1.29 is 9.47 Å². The van der Waals surface area contributed by atoms with Gasteiger partial charge in [-0.1, -0.05) is 6.07 Å². The number of hydrogen-bond donors (Lipinski definition) is 2. The first-order chi connectivity index (χ1) is 8.88. The van der Waals surface area contributed by atoms with Gasteiger partial charge >= 0.3 is 0 Å². The van der Waals surface area contributed by atoms with Crippen molar-refractivity contribution in [2.45, 2.75) is 18.9 Å². The van der Waals surface area contributed by atoms with Gasteiger partial charge in [0.05, 0.1) is 6.61 Å². The Labute approximate surface area is 109 Å². The van der Waals surface area contributed by atoms with E-state index in [1.165, 1.54) is 12.8 Å². The molecule has 0 aromatic heterocycles. The molecule has 1 saturated heterocycles. The van der Waals surface area contributed by atoms with E-state index in [1.54, 1.807) is 7.11 Å². The molecule has 1 aliphatic rings. The molecule has 4 heteroatoms. The molecule has 0 aliphatic carbocycles. The molecule has 1 atom stereocenters. The standard InChI is InChI=1S/C14H22N2O2/c1-17-8-9-18-14-6-2-4-12(10-14)16-11-13-5-3-7-15-13/h2,4,6,10,13,15-16H,3,5,7-9,11H2,1H3. The fraction of sp³-hybridized carbons (Fsp3) is 0.571. The Morgan fingerprint density at radius 3 is 3.11 bits per heavy atom. The Morgan fingerprint density at radius 2 is 2.33 bits per heavy atom. The molecular weight excluding hydrogens is 228 g/mol. The number of rotatable bonds is 7. The summed E-state index contributed by atoms with van der Waals surface area (Å²) >= 11 is 0. The molecule has 1 fully saturated rings. The predicted molar refractivity (Wildman–Crippen MR) is 73.3 cm³/mol. The van der Waals surface area contributed by atoms with Gasteiger partial charge in [0.1, 0.15) is 12.4 Å². The van der Waals surface area contributed by atoms with E-state index >= 15 is 0 Å². The minimum absolute atomic E-state index is 0.587. The van der Waals surface area contributed by atoms with Crippen LogP contribution in [-0.2, 0) is 4.74 Å². The molecule has 1 aromatic carbocycles. The lowest BCUT2D eigenvalue weighted by molar-refractivity contribution is 0.146. The maximum Gasteiger partial charge on any atom is 0.121 e. The minimum atomic E-state index is 0.587. The fourth-order valence-electron chi connectivity index (χ4n) is 2.11. The van der Waals surface area contributed by atoms with E-state index in [2.05, 4.69) is 16.7 Å². The summed E-state index contributed by atoms with van der Waals surface area (Å²) in [7, 11) is 1.68. The highest BCUT2D eigenvalue weighted by molar-refractivity contribution is 5.48. The predicted octanol–water partition coefficient (Wildman–Crippen LogP) is 1.88. The zero-order valence-corrected chi connectivity index (χ0v) is 10.9. The second kappa shape index (κ2) is 7.24. The highest BCUT2D eigenvalue weighted by atomic mass is 16.5. The molecule has 0 saturated carbocycles. The molecule has 4 nitrogen and oxygen atoms in total. The third-order valence-corrected chi connectivity index (χ3v) is 3.11. The van der Waals surface area contributed by atoms with Crippen LogP contribution >= 0.6 is 0 Å². The minimum Gasteiger partial charge on any atom is -0.491 e. The van der Waals surface area contributed by atoms with Gasteiger partial charge in [-0.15, -0.1) is 0 Å². The van der Waals surface area contributed by atoms with Crippen LogP contribution in [0.4, 0.5) is 5.69 Å². The van der Waals surface area contributed by atoms with Crippen LogP contribution in [0, 0.1) is 0 Å². The van der Waals surface area contributed by atoms with Crippen LogP contribution in [0.3, 0.4) is 0 Å². The van der Waals surface area contributed by atoms with E-state index < -0.39 is 0 Å².